The van der Waals surface area contributed by atoms with Crippen LogP contribution in [0.4, 0.5) is 11.4 Å². The number of thioether (sulfide) groups is 1. The van der Waals surface area contributed by atoms with Crippen LogP contribution in [0.3, 0.4) is 0 Å². The van der Waals surface area contributed by atoms with E-state index in [4.69, 9.17) is 0 Å². The Labute approximate surface area is 144 Å². The number of Topliss-reactive ketones (excluding diaryl/α,β-unsaturated/α-hetero) is 1. The predicted molar refractivity (Wildman–Crippen MR) is 96.5 cm³/mol. The molecule has 124 valence electrons. The molecule has 1 unspecified atom stereocenters. The maximum Gasteiger partial charge on any atom is 0.308 e. The lowest BCUT2D eigenvalue weighted by atomic mass is 10.1. The normalized spacial score (nSPS) is 15.7. The molecular weight excluding hydrogens is 324 g/mol. The highest BCUT2D eigenvalue weighted by atomic mass is 32.2. The van der Waals surface area contributed by atoms with Gasteiger partial charge in [-0.05, 0) is 19.1 Å². The number of nitrogens with one attached hydrogen (secondary N) is 2. The molecule has 5 nitrogen and oxygen atoms in total. The fourth-order valence-electron chi connectivity index (χ4n) is 2.76. The number of carboxylic acid groups (broad SMARTS) is 1. The van der Waals surface area contributed by atoms with Gasteiger partial charge in [-0.25, -0.2) is 0 Å². The third-order valence-electron chi connectivity index (χ3n) is 3.81. The number of ketones is 1. The molecule has 2 aromatic rings. The highest BCUT2D eigenvalue weighted by Gasteiger charge is 2.41. The number of rotatable bonds is 6. The van der Waals surface area contributed by atoms with Crippen molar-refractivity contribution in [1.29, 1.82) is 0 Å². The van der Waals surface area contributed by atoms with E-state index >= 15 is 0 Å². The molecule has 1 heterocycles. The minimum absolute atomic E-state index is 0.0232. The van der Waals surface area contributed by atoms with Crippen molar-refractivity contribution >= 4 is 34.9 Å². The lowest BCUT2D eigenvalue weighted by Gasteiger charge is -2.31. The molecule has 0 bridgehead atoms. The first kappa shape index (κ1) is 16.4. The SMILES string of the molecule is CC(SC1(CC(=O)O)Nc2ccccc2N1)C(=O)c1ccccc1. The molecule has 6 heteroatoms. The summed E-state index contributed by atoms with van der Waals surface area (Å²) in [6.45, 7) is 1.80. The molecule has 1 atom stereocenters. The molecule has 1 aliphatic heterocycles. The van der Waals surface area contributed by atoms with Gasteiger partial charge in [-0.3, -0.25) is 9.59 Å². The van der Waals surface area contributed by atoms with Crippen LogP contribution in [-0.2, 0) is 4.79 Å². The van der Waals surface area contributed by atoms with E-state index < -0.39 is 16.2 Å². The Balaban J connectivity index is 1.81. The van der Waals surface area contributed by atoms with Crippen LogP contribution in [0.2, 0.25) is 0 Å². The second-order valence-corrected chi connectivity index (χ2v) is 7.32. The number of carbonyl (C=O) groups excluding carboxylic acids is 1. The van der Waals surface area contributed by atoms with Gasteiger partial charge in [-0.15, -0.1) is 11.8 Å². The van der Waals surface area contributed by atoms with E-state index in [0.29, 0.717) is 5.56 Å². The van der Waals surface area contributed by atoms with Crippen molar-refractivity contribution in [2.45, 2.75) is 23.6 Å². The number of para-hydroxylation sites is 2. The average molecular weight is 342 g/mol. The van der Waals surface area contributed by atoms with Crippen molar-refractivity contribution in [1.82, 2.24) is 0 Å². The Kier molecular flexibility index (Phi) is 4.49. The highest BCUT2D eigenvalue weighted by Crippen LogP contribution is 2.43. The first-order valence-electron chi connectivity index (χ1n) is 7.63. The third-order valence-corrected chi connectivity index (χ3v) is 5.12. The molecule has 0 aliphatic carbocycles. The lowest BCUT2D eigenvalue weighted by Crippen LogP contribution is -2.43. The number of carbonyl (C=O) groups is 2. The monoisotopic (exact) mass is 342 g/mol. The Morgan fingerprint density at radius 1 is 1.04 bits per heavy atom. The molecule has 0 fully saturated rings. The summed E-state index contributed by atoms with van der Waals surface area (Å²) in [7, 11) is 0. The molecule has 0 spiro atoms. The van der Waals surface area contributed by atoms with Gasteiger partial charge < -0.3 is 15.7 Å². The standard InChI is InChI=1S/C18H18N2O3S/c1-12(17(23)13-7-3-2-4-8-13)24-18(11-16(21)22)19-14-9-5-6-10-15(14)20-18/h2-10,12,19-20H,11H2,1H3,(H,21,22). The van der Waals surface area contributed by atoms with Crippen LogP contribution in [0.25, 0.3) is 0 Å². The zero-order valence-electron chi connectivity index (χ0n) is 13.2. The molecule has 2 aromatic carbocycles. The second kappa shape index (κ2) is 6.57. The van der Waals surface area contributed by atoms with Crippen LogP contribution in [0.5, 0.6) is 0 Å². The molecule has 0 amide bonds. The number of aliphatic carboxylic acids is 1. The summed E-state index contributed by atoms with van der Waals surface area (Å²) in [5, 5.41) is 15.4. The van der Waals surface area contributed by atoms with E-state index in [1.54, 1.807) is 19.1 Å². The van der Waals surface area contributed by atoms with Gasteiger partial charge in [-0.1, -0.05) is 42.5 Å². The van der Waals surface area contributed by atoms with Crippen LogP contribution in [-0.4, -0.2) is 27.1 Å². The number of fused-ring (bicyclic) bond motifs is 1. The quantitative estimate of drug-likeness (QED) is 0.696. The van der Waals surface area contributed by atoms with Crippen LogP contribution in [0.1, 0.15) is 23.7 Å². The first-order valence-corrected chi connectivity index (χ1v) is 8.51. The van der Waals surface area contributed by atoms with Gasteiger partial charge in [0.2, 0.25) is 0 Å². The van der Waals surface area contributed by atoms with E-state index in [-0.39, 0.29) is 12.2 Å². The summed E-state index contributed by atoms with van der Waals surface area (Å²) in [5.41, 5.74) is 2.30. The van der Waals surface area contributed by atoms with Crippen molar-refractivity contribution in [3.8, 4) is 0 Å². The zero-order chi connectivity index (χ0) is 17.2. The van der Waals surface area contributed by atoms with E-state index in [0.717, 1.165) is 11.4 Å². The van der Waals surface area contributed by atoms with Crippen LogP contribution >= 0.6 is 11.8 Å². The van der Waals surface area contributed by atoms with Gasteiger partial charge in [0, 0.05) is 5.56 Å². The van der Waals surface area contributed by atoms with Crippen LogP contribution in [0, 0.1) is 0 Å². The number of hydrogen-bond donors (Lipinski definition) is 3. The molecular formula is C18H18N2O3S. The summed E-state index contributed by atoms with van der Waals surface area (Å²) in [6, 6.07) is 16.6. The van der Waals surface area contributed by atoms with Gasteiger partial charge in [0.15, 0.2) is 10.8 Å². The average Bonchev–Trinajstić information content (AvgIpc) is 2.91. The maximum atomic E-state index is 12.6. The smallest absolute Gasteiger partial charge is 0.308 e. The number of carboxylic acids is 1. The Morgan fingerprint density at radius 2 is 1.58 bits per heavy atom. The summed E-state index contributed by atoms with van der Waals surface area (Å²) in [4.78, 5) is 23.0. The summed E-state index contributed by atoms with van der Waals surface area (Å²) in [6.07, 6.45) is -0.154. The fraction of sp³-hybridized carbons (Fsp3) is 0.222. The van der Waals surface area contributed by atoms with Crippen LogP contribution in [0.15, 0.2) is 54.6 Å². The Bertz CT molecular complexity index is 739. The van der Waals surface area contributed by atoms with E-state index in [9.17, 15) is 14.7 Å². The van der Waals surface area contributed by atoms with Crippen molar-refractivity contribution in [2.24, 2.45) is 0 Å². The molecule has 0 aromatic heterocycles. The summed E-state index contributed by atoms with van der Waals surface area (Å²) >= 11 is 1.29. The van der Waals surface area contributed by atoms with Gasteiger partial charge in [-0.2, -0.15) is 0 Å². The lowest BCUT2D eigenvalue weighted by molar-refractivity contribution is -0.137. The van der Waals surface area contributed by atoms with Gasteiger partial charge in [0.25, 0.3) is 0 Å². The highest BCUT2D eigenvalue weighted by molar-refractivity contribution is 8.02. The Hall–Kier alpha value is -2.47. The predicted octanol–water partition coefficient (Wildman–Crippen LogP) is 3.66. The van der Waals surface area contributed by atoms with Gasteiger partial charge >= 0.3 is 5.97 Å². The number of hydrogen-bond acceptors (Lipinski definition) is 5. The van der Waals surface area contributed by atoms with E-state index in [1.807, 2.05) is 42.5 Å². The van der Waals surface area contributed by atoms with E-state index in [1.165, 1.54) is 11.8 Å². The van der Waals surface area contributed by atoms with Crippen molar-refractivity contribution in [3.63, 3.8) is 0 Å². The Morgan fingerprint density at radius 3 is 2.12 bits per heavy atom. The summed E-state index contributed by atoms with van der Waals surface area (Å²) < 4.78 is 0. The largest absolute Gasteiger partial charge is 0.481 e. The van der Waals surface area contributed by atoms with E-state index in [2.05, 4.69) is 10.6 Å². The molecule has 0 saturated carbocycles. The maximum absolute atomic E-state index is 12.6. The minimum atomic E-state index is -0.945. The number of benzene rings is 2. The topological polar surface area (TPSA) is 78.4 Å². The van der Waals surface area contributed by atoms with Gasteiger partial charge in [0.1, 0.15) is 0 Å². The second-order valence-electron chi connectivity index (χ2n) is 5.68. The zero-order valence-corrected chi connectivity index (χ0v) is 14.0. The fourth-order valence-corrected chi connectivity index (χ4v) is 4.15. The summed E-state index contributed by atoms with van der Waals surface area (Å²) in [5.74, 6) is -0.959. The van der Waals surface area contributed by atoms with Gasteiger partial charge in [0.05, 0.1) is 23.0 Å². The molecule has 3 rings (SSSR count). The van der Waals surface area contributed by atoms with Crippen LogP contribution < -0.4 is 10.6 Å². The molecule has 3 N–H and O–H groups in total. The third kappa shape index (κ3) is 3.38. The molecule has 24 heavy (non-hydrogen) atoms. The van der Waals surface area contributed by atoms with Crippen molar-refractivity contribution < 1.29 is 14.7 Å². The van der Waals surface area contributed by atoms with Crippen molar-refractivity contribution in [3.05, 3.63) is 60.2 Å². The minimum Gasteiger partial charge on any atom is -0.481 e. The first-order chi connectivity index (χ1) is 11.5. The molecule has 0 saturated heterocycles. The number of anilines is 2. The molecule has 0 radical (unpaired) electrons. The molecule has 1 aliphatic rings. The van der Waals surface area contributed by atoms with Crippen molar-refractivity contribution in [2.75, 3.05) is 10.6 Å².